The summed E-state index contributed by atoms with van der Waals surface area (Å²) in [6.45, 7) is 3.12. The van der Waals surface area contributed by atoms with Gasteiger partial charge in [-0.05, 0) is 6.42 Å². The Morgan fingerprint density at radius 3 is 2.89 bits per heavy atom. The molecule has 1 heterocycles. The molecule has 2 nitrogen and oxygen atoms in total. The zero-order chi connectivity index (χ0) is 6.69. The summed E-state index contributed by atoms with van der Waals surface area (Å²) in [5.74, 6) is 0. The van der Waals surface area contributed by atoms with Crippen LogP contribution in [0.2, 0.25) is 0 Å². The molecular formula is C6H12INO. The van der Waals surface area contributed by atoms with E-state index in [1.807, 2.05) is 0 Å². The Balaban J connectivity index is 2.14. The zero-order valence-corrected chi connectivity index (χ0v) is 7.54. The molecule has 1 aliphatic heterocycles. The zero-order valence-electron chi connectivity index (χ0n) is 5.39. The first-order valence-electron chi connectivity index (χ1n) is 3.29. The molecule has 1 N–H and O–H groups in total. The van der Waals surface area contributed by atoms with Crippen LogP contribution in [0.15, 0.2) is 0 Å². The molecule has 0 spiro atoms. The first kappa shape index (κ1) is 7.75. The summed E-state index contributed by atoms with van der Waals surface area (Å²) in [7, 11) is 0. The Bertz CT molecular complexity index is 87.1. The van der Waals surface area contributed by atoms with Gasteiger partial charge in [0.25, 0.3) is 0 Å². The van der Waals surface area contributed by atoms with E-state index in [2.05, 4.69) is 27.5 Å². The summed E-state index contributed by atoms with van der Waals surface area (Å²) >= 11 is 2.36. The minimum atomic E-state index is -0.0482. The van der Waals surface area contributed by atoms with Crippen molar-refractivity contribution in [1.82, 2.24) is 4.90 Å². The number of hydrogen-bond acceptors (Lipinski definition) is 2. The van der Waals surface area contributed by atoms with Crippen LogP contribution in [0.3, 0.4) is 0 Å². The van der Waals surface area contributed by atoms with Crippen molar-refractivity contribution in [2.75, 3.05) is 24.1 Å². The molecule has 1 rings (SSSR count). The van der Waals surface area contributed by atoms with Crippen LogP contribution in [-0.4, -0.2) is 40.2 Å². The van der Waals surface area contributed by atoms with Gasteiger partial charge in [-0.2, -0.15) is 0 Å². The number of likely N-dealkylation sites (tertiary alicyclic amines) is 1. The third kappa shape index (κ3) is 2.39. The predicted molar refractivity (Wildman–Crippen MR) is 46.0 cm³/mol. The molecule has 0 saturated carbocycles. The monoisotopic (exact) mass is 241 g/mol. The SMILES string of the molecule is O[C@H]1CCN(CCI)C1. The molecule has 1 fully saturated rings. The van der Waals surface area contributed by atoms with Gasteiger partial charge in [0.05, 0.1) is 6.10 Å². The molecule has 1 atom stereocenters. The molecule has 0 amide bonds. The number of rotatable bonds is 2. The molecular weight excluding hydrogens is 229 g/mol. The molecule has 0 aromatic heterocycles. The molecule has 1 saturated heterocycles. The molecule has 0 aromatic rings. The van der Waals surface area contributed by atoms with Gasteiger partial charge in [-0.15, -0.1) is 0 Å². The molecule has 1 aliphatic rings. The standard InChI is InChI=1S/C6H12INO/c7-2-4-8-3-1-6(9)5-8/h6,9H,1-5H2/t6-/m0/s1. The summed E-state index contributed by atoms with van der Waals surface area (Å²) < 4.78 is 1.17. The minimum Gasteiger partial charge on any atom is -0.392 e. The van der Waals surface area contributed by atoms with Crippen LogP contribution in [0.1, 0.15) is 6.42 Å². The molecule has 0 radical (unpaired) electrons. The lowest BCUT2D eigenvalue weighted by atomic mass is 10.3. The van der Waals surface area contributed by atoms with E-state index in [0.717, 1.165) is 26.1 Å². The van der Waals surface area contributed by atoms with Crippen molar-refractivity contribution in [3.05, 3.63) is 0 Å². The van der Waals surface area contributed by atoms with Gasteiger partial charge >= 0.3 is 0 Å². The van der Waals surface area contributed by atoms with Gasteiger partial charge in [-0.25, -0.2) is 0 Å². The van der Waals surface area contributed by atoms with Crippen molar-refractivity contribution in [3.63, 3.8) is 0 Å². The smallest absolute Gasteiger partial charge is 0.0679 e. The maximum atomic E-state index is 9.08. The summed E-state index contributed by atoms with van der Waals surface area (Å²) in [6, 6.07) is 0. The van der Waals surface area contributed by atoms with E-state index in [1.165, 1.54) is 4.43 Å². The average Bonchev–Trinajstić information content (AvgIpc) is 2.17. The van der Waals surface area contributed by atoms with Crippen molar-refractivity contribution in [1.29, 1.82) is 0 Å². The highest BCUT2D eigenvalue weighted by Crippen LogP contribution is 2.07. The van der Waals surface area contributed by atoms with Crippen molar-refractivity contribution in [3.8, 4) is 0 Å². The minimum absolute atomic E-state index is 0.0482. The molecule has 3 heteroatoms. The van der Waals surface area contributed by atoms with Gasteiger partial charge < -0.3 is 5.11 Å². The Morgan fingerprint density at radius 1 is 1.67 bits per heavy atom. The van der Waals surface area contributed by atoms with Crippen molar-refractivity contribution in [2.45, 2.75) is 12.5 Å². The molecule has 0 unspecified atom stereocenters. The lowest BCUT2D eigenvalue weighted by Gasteiger charge is -2.11. The summed E-state index contributed by atoms with van der Waals surface area (Å²) in [6.07, 6.45) is 0.921. The number of aliphatic hydroxyl groups excluding tert-OH is 1. The van der Waals surface area contributed by atoms with Crippen LogP contribution in [0.25, 0.3) is 0 Å². The van der Waals surface area contributed by atoms with Crippen LogP contribution < -0.4 is 0 Å². The first-order chi connectivity index (χ1) is 4.33. The van der Waals surface area contributed by atoms with Crippen LogP contribution in [0, 0.1) is 0 Å². The number of aliphatic hydroxyl groups is 1. The fraction of sp³-hybridized carbons (Fsp3) is 1.00. The Labute approximate surface area is 69.4 Å². The van der Waals surface area contributed by atoms with Gasteiger partial charge in [-0.1, -0.05) is 22.6 Å². The fourth-order valence-electron chi connectivity index (χ4n) is 1.13. The van der Waals surface area contributed by atoms with Gasteiger partial charge in [0.15, 0.2) is 0 Å². The summed E-state index contributed by atoms with van der Waals surface area (Å²) in [5.41, 5.74) is 0. The van der Waals surface area contributed by atoms with E-state index in [4.69, 9.17) is 5.11 Å². The second kappa shape index (κ2) is 3.73. The number of nitrogens with zero attached hydrogens (tertiary/aromatic N) is 1. The number of alkyl halides is 1. The normalized spacial score (nSPS) is 29.3. The number of halogens is 1. The highest BCUT2D eigenvalue weighted by Gasteiger charge is 2.18. The van der Waals surface area contributed by atoms with E-state index in [-0.39, 0.29) is 6.10 Å². The van der Waals surface area contributed by atoms with Crippen molar-refractivity contribution >= 4 is 22.6 Å². The Kier molecular flexibility index (Phi) is 3.21. The van der Waals surface area contributed by atoms with Crippen LogP contribution in [0.4, 0.5) is 0 Å². The lowest BCUT2D eigenvalue weighted by molar-refractivity contribution is 0.178. The predicted octanol–water partition coefficient (Wildman–Crippen LogP) is 0.488. The molecule has 0 aromatic carbocycles. The second-order valence-electron chi connectivity index (χ2n) is 2.43. The quantitative estimate of drug-likeness (QED) is 0.561. The number of β-amino-alcohol motifs (C(OH)–C–C–N with tert-alkyl or cyclic N) is 1. The Morgan fingerprint density at radius 2 is 2.44 bits per heavy atom. The van der Waals surface area contributed by atoms with E-state index in [0.29, 0.717) is 0 Å². The largest absolute Gasteiger partial charge is 0.392 e. The molecule has 0 bridgehead atoms. The summed E-state index contributed by atoms with van der Waals surface area (Å²) in [4.78, 5) is 2.30. The van der Waals surface area contributed by atoms with E-state index in [9.17, 15) is 0 Å². The molecule has 9 heavy (non-hydrogen) atoms. The highest BCUT2D eigenvalue weighted by molar-refractivity contribution is 14.1. The average molecular weight is 241 g/mol. The van der Waals surface area contributed by atoms with Gasteiger partial charge in [0, 0.05) is 24.1 Å². The van der Waals surface area contributed by atoms with Gasteiger partial charge in [-0.3, -0.25) is 4.90 Å². The van der Waals surface area contributed by atoms with Gasteiger partial charge in [0.2, 0.25) is 0 Å². The van der Waals surface area contributed by atoms with Crippen LogP contribution >= 0.6 is 22.6 Å². The van der Waals surface area contributed by atoms with Crippen molar-refractivity contribution in [2.24, 2.45) is 0 Å². The van der Waals surface area contributed by atoms with Gasteiger partial charge in [0.1, 0.15) is 0 Å². The van der Waals surface area contributed by atoms with E-state index < -0.39 is 0 Å². The first-order valence-corrected chi connectivity index (χ1v) is 4.82. The lowest BCUT2D eigenvalue weighted by Crippen LogP contribution is -2.23. The number of hydrogen-bond donors (Lipinski definition) is 1. The summed E-state index contributed by atoms with van der Waals surface area (Å²) in [5, 5.41) is 9.08. The Hall–Kier alpha value is 0.650. The third-order valence-electron chi connectivity index (χ3n) is 1.65. The molecule has 0 aliphatic carbocycles. The topological polar surface area (TPSA) is 23.5 Å². The maximum Gasteiger partial charge on any atom is 0.0679 e. The fourth-order valence-corrected chi connectivity index (χ4v) is 1.82. The molecule has 54 valence electrons. The second-order valence-corrected chi connectivity index (χ2v) is 3.51. The maximum absolute atomic E-state index is 9.08. The van der Waals surface area contributed by atoms with E-state index >= 15 is 0 Å². The van der Waals surface area contributed by atoms with Crippen LogP contribution in [0.5, 0.6) is 0 Å². The van der Waals surface area contributed by atoms with Crippen molar-refractivity contribution < 1.29 is 5.11 Å². The van der Waals surface area contributed by atoms with E-state index in [1.54, 1.807) is 0 Å². The van der Waals surface area contributed by atoms with Crippen LogP contribution in [-0.2, 0) is 0 Å². The highest BCUT2D eigenvalue weighted by atomic mass is 127. The third-order valence-corrected chi connectivity index (χ3v) is 2.13.